The summed E-state index contributed by atoms with van der Waals surface area (Å²) < 4.78 is 0. The Kier molecular flexibility index (Phi) is 45.3. The van der Waals surface area contributed by atoms with Gasteiger partial charge in [0.2, 0.25) is 0 Å². The minimum atomic E-state index is 0. The maximum atomic E-state index is 9.98. The second kappa shape index (κ2) is 23.2. The number of hydrogen-bond donors (Lipinski definition) is 2. The minimum Gasteiger partial charge on any atom is -0.313 e. The molecule has 0 fully saturated rings. The number of Topliss-reactive ketones (excluding diaryl/α,β-unsaturated/α-hetero) is 2. The molecule has 2 N–H and O–H groups in total. The number of ketones is 2. The van der Waals surface area contributed by atoms with E-state index in [2.05, 4.69) is 10.6 Å². The maximum absolute atomic E-state index is 9.98. The van der Waals surface area contributed by atoms with Crippen LogP contribution in [0.25, 0.3) is 0 Å². The summed E-state index contributed by atoms with van der Waals surface area (Å²) in [6.45, 7) is 4.08. The van der Waals surface area contributed by atoms with Gasteiger partial charge in [-0.1, -0.05) is 22.3 Å². The number of hydrogen-bond acceptors (Lipinski definition) is 4. The molecule has 0 unspecified atom stereocenters. The van der Waals surface area contributed by atoms with Crippen LogP contribution in [0.3, 0.4) is 0 Å². The van der Waals surface area contributed by atoms with Crippen LogP contribution < -0.4 is 10.6 Å². The highest BCUT2D eigenvalue weighted by Gasteiger charge is 1.82. The standard InChI is InChI=1S/2C4H9NO.3CH4/c2*1-4(6)3-5-2;;;/h2*5H,3H2,1-2H3;3*1H4. The van der Waals surface area contributed by atoms with Crippen molar-refractivity contribution in [2.75, 3.05) is 27.2 Å². The van der Waals surface area contributed by atoms with Crippen LogP contribution in [0.5, 0.6) is 0 Å². The van der Waals surface area contributed by atoms with Gasteiger partial charge in [0.05, 0.1) is 13.1 Å². The fourth-order valence-electron chi connectivity index (χ4n) is 0.498. The maximum Gasteiger partial charge on any atom is 0.143 e. The molecule has 0 heterocycles. The molecule has 0 spiro atoms. The summed E-state index contributed by atoms with van der Waals surface area (Å²) in [7, 11) is 3.50. The highest BCUT2D eigenvalue weighted by molar-refractivity contribution is 5.77. The molecule has 0 aliphatic heterocycles. The molecule has 0 aromatic carbocycles. The lowest BCUT2D eigenvalue weighted by atomic mass is 10.5. The summed E-state index contributed by atoms with van der Waals surface area (Å²) in [6, 6.07) is 0. The van der Waals surface area contributed by atoms with Crippen molar-refractivity contribution in [1.82, 2.24) is 10.6 Å². The van der Waals surface area contributed by atoms with Crippen molar-refractivity contribution >= 4 is 11.6 Å². The molecule has 0 saturated heterocycles. The summed E-state index contributed by atoms with van der Waals surface area (Å²) in [6.07, 6.45) is 0. The minimum absolute atomic E-state index is 0. The van der Waals surface area contributed by atoms with E-state index in [0.29, 0.717) is 13.1 Å². The second-order valence-electron chi connectivity index (χ2n) is 2.46. The molecule has 0 saturated carbocycles. The molecule has 0 aliphatic carbocycles. The number of likely N-dealkylation sites (N-methyl/N-ethyl adjacent to an activating group) is 2. The van der Waals surface area contributed by atoms with Crippen LogP contribution in [0.15, 0.2) is 0 Å². The Balaban J connectivity index is -0.0000000370. The smallest absolute Gasteiger partial charge is 0.143 e. The van der Waals surface area contributed by atoms with Gasteiger partial charge in [-0.2, -0.15) is 0 Å². The van der Waals surface area contributed by atoms with E-state index in [4.69, 9.17) is 0 Å². The third-order valence-corrected chi connectivity index (χ3v) is 0.851. The Morgan fingerprint density at radius 2 is 1.00 bits per heavy atom. The van der Waals surface area contributed by atoms with E-state index in [1.54, 1.807) is 27.9 Å². The molecular formula is C11H30N2O2. The van der Waals surface area contributed by atoms with Gasteiger partial charge in [0.15, 0.2) is 0 Å². The number of nitrogens with one attached hydrogen (secondary N) is 2. The van der Waals surface area contributed by atoms with Gasteiger partial charge in [-0.3, -0.25) is 9.59 Å². The van der Waals surface area contributed by atoms with Crippen molar-refractivity contribution in [1.29, 1.82) is 0 Å². The molecule has 0 bridgehead atoms. The van der Waals surface area contributed by atoms with E-state index in [-0.39, 0.29) is 33.8 Å². The van der Waals surface area contributed by atoms with Gasteiger partial charge in [-0.15, -0.1) is 0 Å². The molecule has 0 aromatic heterocycles. The van der Waals surface area contributed by atoms with Gasteiger partial charge in [-0.05, 0) is 27.9 Å². The molecule has 15 heavy (non-hydrogen) atoms. The lowest BCUT2D eigenvalue weighted by Crippen LogP contribution is -2.14. The van der Waals surface area contributed by atoms with Gasteiger partial charge in [0.25, 0.3) is 0 Å². The van der Waals surface area contributed by atoms with Crippen LogP contribution in [-0.2, 0) is 9.59 Å². The number of carbonyl (C=O) groups excluding carboxylic acids is 2. The van der Waals surface area contributed by atoms with E-state index in [1.807, 2.05) is 0 Å². The van der Waals surface area contributed by atoms with Crippen molar-refractivity contribution in [2.45, 2.75) is 36.1 Å². The van der Waals surface area contributed by atoms with Gasteiger partial charge in [-0.25, -0.2) is 0 Å². The Hall–Kier alpha value is -0.740. The molecule has 0 aliphatic rings. The summed E-state index contributed by atoms with van der Waals surface area (Å²) >= 11 is 0. The third kappa shape index (κ3) is 60.8. The van der Waals surface area contributed by atoms with Crippen LogP contribution in [-0.4, -0.2) is 38.8 Å². The zero-order valence-corrected chi connectivity index (χ0v) is 8.23. The SMILES string of the molecule is C.C.C.CNCC(C)=O.CNCC(C)=O. The summed E-state index contributed by atoms with van der Waals surface area (Å²) in [5.74, 6) is 0.356. The first-order chi connectivity index (χ1) is 5.54. The van der Waals surface area contributed by atoms with Crippen molar-refractivity contribution in [3.63, 3.8) is 0 Å². The van der Waals surface area contributed by atoms with Crippen molar-refractivity contribution in [2.24, 2.45) is 0 Å². The Bertz CT molecular complexity index is 121. The highest BCUT2D eigenvalue weighted by atomic mass is 16.1. The Morgan fingerprint density at radius 1 is 0.800 bits per heavy atom. The monoisotopic (exact) mass is 222 g/mol. The fraction of sp³-hybridized carbons (Fsp3) is 0.818. The lowest BCUT2D eigenvalue weighted by Gasteiger charge is -1.85. The molecule has 4 nitrogen and oxygen atoms in total. The molecule has 0 amide bonds. The third-order valence-electron chi connectivity index (χ3n) is 0.851. The quantitative estimate of drug-likeness (QED) is 0.757. The van der Waals surface area contributed by atoms with Gasteiger partial charge in [0, 0.05) is 0 Å². The average Bonchev–Trinajstić information content (AvgIpc) is 1.87. The molecule has 0 rings (SSSR count). The van der Waals surface area contributed by atoms with E-state index in [1.165, 1.54) is 0 Å². The molecule has 0 aromatic rings. The van der Waals surface area contributed by atoms with Crippen LogP contribution in [0.2, 0.25) is 0 Å². The van der Waals surface area contributed by atoms with Gasteiger partial charge in [0.1, 0.15) is 11.6 Å². The normalized spacial score (nSPS) is 6.67. The zero-order chi connectivity index (χ0) is 9.98. The topological polar surface area (TPSA) is 58.2 Å². The van der Waals surface area contributed by atoms with Crippen LogP contribution in [0.4, 0.5) is 0 Å². The van der Waals surface area contributed by atoms with E-state index in [9.17, 15) is 9.59 Å². The summed E-state index contributed by atoms with van der Waals surface area (Å²) in [5.41, 5.74) is 0. The molecule has 0 radical (unpaired) electrons. The van der Waals surface area contributed by atoms with E-state index < -0.39 is 0 Å². The van der Waals surface area contributed by atoms with E-state index >= 15 is 0 Å². The average molecular weight is 222 g/mol. The predicted octanol–water partition coefficient (Wildman–Crippen LogP) is 1.50. The molecular weight excluding hydrogens is 192 g/mol. The van der Waals surface area contributed by atoms with Crippen molar-refractivity contribution in [3.8, 4) is 0 Å². The predicted molar refractivity (Wildman–Crippen MR) is 69.4 cm³/mol. The second-order valence-corrected chi connectivity index (χ2v) is 2.46. The number of carbonyl (C=O) groups is 2. The zero-order valence-electron chi connectivity index (χ0n) is 8.23. The summed E-state index contributed by atoms with van der Waals surface area (Å²) in [5, 5.41) is 5.44. The first-order valence-corrected chi connectivity index (χ1v) is 3.82. The first-order valence-electron chi connectivity index (χ1n) is 3.82. The lowest BCUT2D eigenvalue weighted by molar-refractivity contribution is -0.116. The van der Waals surface area contributed by atoms with Crippen LogP contribution in [0, 0.1) is 0 Å². The molecule has 0 atom stereocenters. The molecule has 96 valence electrons. The number of rotatable bonds is 4. The summed E-state index contributed by atoms with van der Waals surface area (Å²) in [4.78, 5) is 20.0. The fourth-order valence-corrected chi connectivity index (χ4v) is 0.498. The van der Waals surface area contributed by atoms with Gasteiger partial charge >= 0.3 is 0 Å². The highest BCUT2D eigenvalue weighted by Crippen LogP contribution is 1.57. The Labute approximate surface area is 95.8 Å². The van der Waals surface area contributed by atoms with E-state index in [0.717, 1.165) is 0 Å². The van der Waals surface area contributed by atoms with Crippen molar-refractivity contribution in [3.05, 3.63) is 0 Å². The van der Waals surface area contributed by atoms with Crippen LogP contribution >= 0.6 is 0 Å². The first kappa shape index (κ1) is 29.2. The Morgan fingerprint density at radius 3 is 1.00 bits per heavy atom. The largest absolute Gasteiger partial charge is 0.313 e. The van der Waals surface area contributed by atoms with Crippen LogP contribution in [0.1, 0.15) is 36.1 Å². The molecule has 4 heteroatoms. The van der Waals surface area contributed by atoms with Gasteiger partial charge < -0.3 is 10.6 Å². The van der Waals surface area contributed by atoms with Crippen molar-refractivity contribution < 1.29 is 9.59 Å².